The maximum Gasteiger partial charge on any atom is 0.274 e. The fourth-order valence-electron chi connectivity index (χ4n) is 3.26. The van der Waals surface area contributed by atoms with Crippen molar-refractivity contribution in [2.45, 2.75) is 39.5 Å². The minimum Gasteiger partial charge on any atom is -0.857 e. The van der Waals surface area contributed by atoms with E-state index in [1.165, 1.54) is 5.57 Å². The third-order valence-corrected chi connectivity index (χ3v) is 5.10. The Hall–Kier alpha value is -3.34. The highest BCUT2D eigenvalue weighted by Gasteiger charge is 2.24. The van der Waals surface area contributed by atoms with E-state index in [1.54, 1.807) is 6.08 Å². The Kier molecular flexibility index (Phi) is 5.33. The number of benzene rings is 1. The molecule has 0 atom stereocenters. The van der Waals surface area contributed by atoms with E-state index in [1.807, 2.05) is 32.1 Å². The van der Waals surface area contributed by atoms with Crippen LogP contribution in [0.4, 0.5) is 0 Å². The normalized spacial score (nSPS) is 12.3. The molecule has 5 nitrogen and oxygen atoms in total. The monoisotopic (exact) mass is 388 g/mol. The molecule has 0 aliphatic rings. The van der Waals surface area contributed by atoms with Gasteiger partial charge in [-0.05, 0) is 31.9 Å². The minimum atomic E-state index is -0.538. The van der Waals surface area contributed by atoms with Crippen LogP contribution in [0.3, 0.4) is 0 Å². The first-order valence-electron chi connectivity index (χ1n) is 9.53. The van der Waals surface area contributed by atoms with E-state index in [0.717, 1.165) is 34.1 Å². The van der Waals surface area contributed by atoms with Gasteiger partial charge >= 0.3 is 0 Å². The maximum atomic E-state index is 12.4. The Morgan fingerprint density at radius 1 is 1.28 bits per heavy atom. The van der Waals surface area contributed by atoms with Gasteiger partial charge in [-0.1, -0.05) is 56.4 Å². The summed E-state index contributed by atoms with van der Waals surface area (Å²) in [6.07, 6.45) is 6.51. The van der Waals surface area contributed by atoms with Crippen LogP contribution in [-0.2, 0) is 11.8 Å². The summed E-state index contributed by atoms with van der Waals surface area (Å²) in [5.41, 5.74) is 4.35. The molecule has 0 radical (unpaired) electrons. The number of aromatic nitrogens is 3. The van der Waals surface area contributed by atoms with Crippen LogP contribution >= 0.6 is 0 Å². The molecule has 1 aromatic carbocycles. The fourth-order valence-corrected chi connectivity index (χ4v) is 3.26. The van der Waals surface area contributed by atoms with Gasteiger partial charge in [0, 0.05) is 38.8 Å². The van der Waals surface area contributed by atoms with Crippen molar-refractivity contribution in [2.75, 3.05) is 0 Å². The van der Waals surface area contributed by atoms with Crippen LogP contribution in [-0.4, -0.2) is 15.0 Å². The van der Waals surface area contributed by atoms with Gasteiger partial charge in [0.2, 0.25) is 0 Å². The lowest BCUT2D eigenvalue weighted by Gasteiger charge is -2.19. The first kappa shape index (κ1) is 20.4. The molecule has 3 rings (SSSR count). The molecule has 150 valence electrons. The van der Waals surface area contributed by atoms with Crippen LogP contribution in [0.15, 0.2) is 47.3 Å². The van der Waals surface area contributed by atoms with E-state index in [-0.39, 0.29) is 16.1 Å². The third-order valence-electron chi connectivity index (χ3n) is 5.10. The summed E-state index contributed by atoms with van der Waals surface area (Å²) in [4.78, 5) is 22.3. The van der Waals surface area contributed by atoms with Gasteiger partial charge in [0.15, 0.2) is 0 Å². The van der Waals surface area contributed by atoms with Crippen LogP contribution in [0, 0.1) is 0 Å². The average molecular weight is 388 g/mol. The Bertz CT molecular complexity index is 1290. The van der Waals surface area contributed by atoms with Crippen LogP contribution < -0.4 is 21.4 Å². The van der Waals surface area contributed by atoms with Crippen molar-refractivity contribution < 1.29 is 5.11 Å². The van der Waals surface area contributed by atoms with Crippen LogP contribution in [0.2, 0.25) is 0 Å². The van der Waals surface area contributed by atoms with Gasteiger partial charge in [0.05, 0.1) is 0 Å². The smallest absolute Gasteiger partial charge is 0.274 e. The molecule has 2 aromatic heterocycles. The van der Waals surface area contributed by atoms with Crippen molar-refractivity contribution in [1.82, 2.24) is 15.0 Å². The second kappa shape index (κ2) is 7.59. The largest absolute Gasteiger partial charge is 0.857 e. The first-order chi connectivity index (χ1) is 13.6. The second-order valence-electron chi connectivity index (χ2n) is 8.04. The van der Waals surface area contributed by atoms with Gasteiger partial charge in [-0.15, -0.1) is 6.58 Å². The van der Waals surface area contributed by atoms with Gasteiger partial charge in [-0.25, -0.2) is 0 Å². The van der Waals surface area contributed by atoms with Crippen molar-refractivity contribution in [2.24, 2.45) is 0 Å². The summed E-state index contributed by atoms with van der Waals surface area (Å²) in [7, 11) is 0. The minimum absolute atomic E-state index is 0.0123. The molecule has 0 unspecified atom stereocenters. The van der Waals surface area contributed by atoms with Gasteiger partial charge < -0.3 is 15.1 Å². The maximum absolute atomic E-state index is 12.4. The standard InChI is InChI=1S/C24H27N3O2/c1-7-24(5,6)21-18(13-19-23(29)25-15(4)22(28)26-19)17-10-8-9-16(20(17)27-21)12-11-14(2)3/h7-11,13,27H,1,4,12H2,2-3,5-6H3,(H,25,29)(H,26,28)/p-1/b19-13+. The topological polar surface area (TPSA) is 84.6 Å². The summed E-state index contributed by atoms with van der Waals surface area (Å²) in [6, 6.07) is 6.10. The highest BCUT2D eigenvalue weighted by molar-refractivity contribution is 5.93. The molecule has 29 heavy (non-hydrogen) atoms. The summed E-state index contributed by atoms with van der Waals surface area (Å²) in [5.74, 6) is -0.538. The Morgan fingerprint density at radius 3 is 2.66 bits per heavy atom. The van der Waals surface area contributed by atoms with Gasteiger partial charge in [0.25, 0.3) is 5.56 Å². The van der Waals surface area contributed by atoms with Crippen LogP contribution in [0.1, 0.15) is 44.5 Å². The number of allylic oxidation sites excluding steroid dienone is 3. The van der Waals surface area contributed by atoms with Crippen molar-refractivity contribution in [1.29, 1.82) is 0 Å². The number of hydrogen-bond donors (Lipinski definition) is 2. The summed E-state index contributed by atoms with van der Waals surface area (Å²) >= 11 is 0. The molecule has 2 heterocycles. The molecule has 0 saturated heterocycles. The average Bonchev–Trinajstić information content (AvgIpc) is 3.04. The van der Waals surface area contributed by atoms with E-state index in [2.05, 4.69) is 54.1 Å². The Labute approximate surface area is 169 Å². The number of fused-ring (bicyclic) bond motifs is 1. The summed E-state index contributed by atoms with van der Waals surface area (Å²) in [6.45, 7) is 15.7. The molecule has 0 aliphatic heterocycles. The second-order valence-corrected chi connectivity index (χ2v) is 8.04. The Balaban J connectivity index is 2.39. The molecule has 0 bridgehead atoms. The predicted octanol–water partition coefficient (Wildman–Crippen LogP) is 2.54. The molecule has 0 spiro atoms. The fraction of sp³-hybridized carbons (Fsp3) is 0.250. The van der Waals surface area contributed by atoms with Crippen LogP contribution in [0.25, 0.3) is 23.6 Å². The van der Waals surface area contributed by atoms with E-state index in [4.69, 9.17) is 0 Å². The third kappa shape index (κ3) is 3.94. The zero-order chi connectivity index (χ0) is 21.3. The van der Waals surface area contributed by atoms with Crippen molar-refractivity contribution >= 4 is 23.6 Å². The van der Waals surface area contributed by atoms with Crippen molar-refractivity contribution in [3.8, 4) is 5.88 Å². The van der Waals surface area contributed by atoms with Crippen molar-refractivity contribution in [3.05, 3.63) is 80.4 Å². The number of para-hydroxylation sites is 1. The highest BCUT2D eigenvalue weighted by atomic mass is 16.3. The summed E-state index contributed by atoms with van der Waals surface area (Å²) in [5, 5.41) is 13.0. The molecule has 3 aromatic rings. The highest BCUT2D eigenvalue weighted by Crippen LogP contribution is 2.34. The van der Waals surface area contributed by atoms with Gasteiger partial charge in [0.1, 0.15) is 5.35 Å². The Morgan fingerprint density at radius 2 is 2.00 bits per heavy atom. The lowest BCUT2D eigenvalue weighted by atomic mass is 9.86. The molecule has 0 aliphatic carbocycles. The molecule has 5 heteroatoms. The van der Waals surface area contributed by atoms with Crippen molar-refractivity contribution in [3.63, 3.8) is 0 Å². The van der Waals surface area contributed by atoms with Crippen LogP contribution in [0.5, 0.6) is 5.88 Å². The lowest BCUT2D eigenvalue weighted by Crippen LogP contribution is -2.38. The lowest BCUT2D eigenvalue weighted by molar-refractivity contribution is -0.277. The van der Waals surface area contributed by atoms with E-state index < -0.39 is 11.4 Å². The number of rotatable bonds is 5. The molecule has 0 fully saturated rings. The molecular weight excluding hydrogens is 362 g/mol. The number of nitrogens with zero attached hydrogens (tertiary/aromatic N) is 1. The molecule has 2 N–H and O–H groups in total. The zero-order valence-electron chi connectivity index (χ0n) is 17.3. The number of nitrogens with one attached hydrogen (secondary N) is 2. The predicted molar refractivity (Wildman–Crippen MR) is 117 cm³/mol. The summed E-state index contributed by atoms with van der Waals surface area (Å²) < 4.78 is 0. The van der Waals surface area contributed by atoms with E-state index >= 15 is 0 Å². The molecular formula is C24H26N3O2-. The SMILES string of the molecule is C=CC(C)(C)c1[nH]c2c(CC=C(C)C)cccc2c1/C=c1/nc([O-])c(=C)[nH]c1=O. The quantitative estimate of drug-likeness (QED) is 0.659. The molecule has 0 amide bonds. The van der Waals surface area contributed by atoms with Gasteiger partial charge in [-0.2, -0.15) is 0 Å². The van der Waals surface area contributed by atoms with E-state index in [9.17, 15) is 9.90 Å². The number of aromatic amines is 2. The van der Waals surface area contributed by atoms with E-state index in [0.29, 0.717) is 0 Å². The molecule has 0 saturated carbocycles. The number of hydrogen-bond acceptors (Lipinski definition) is 3. The first-order valence-corrected chi connectivity index (χ1v) is 9.53. The number of H-pyrrole nitrogens is 2. The zero-order valence-corrected chi connectivity index (χ0v) is 17.3. The van der Waals surface area contributed by atoms with Gasteiger partial charge in [-0.3, -0.25) is 9.78 Å².